The van der Waals surface area contributed by atoms with Gasteiger partial charge in [-0.25, -0.2) is 9.97 Å². The molecule has 7 heteroatoms. The summed E-state index contributed by atoms with van der Waals surface area (Å²) in [6.45, 7) is 2.37. The highest BCUT2D eigenvalue weighted by Gasteiger charge is 2.08. The van der Waals surface area contributed by atoms with Crippen molar-refractivity contribution in [2.75, 3.05) is 5.32 Å². The maximum Gasteiger partial charge on any atom is 0.254 e. The largest absolute Gasteiger partial charge is 0.346 e. The van der Waals surface area contributed by atoms with Crippen LogP contribution in [0.5, 0.6) is 0 Å². The number of benzene rings is 1. The maximum atomic E-state index is 12.1. The van der Waals surface area contributed by atoms with E-state index in [4.69, 9.17) is 0 Å². The van der Waals surface area contributed by atoms with Crippen molar-refractivity contribution in [2.24, 2.45) is 0 Å². The molecular weight excluding hydrogens is 382 g/mol. The fraction of sp³-hybridized carbons (Fsp3) is 0.111. The van der Waals surface area contributed by atoms with Crippen molar-refractivity contribution in [1.82, 2.24) is 20.3 Å². The minimum atomic E-state index is -0.240. The Bertz CT molecular complexity index is 868. The third-order valence-corrected chi connectivity index (χ3v) is 4.35. The number of rotatable bonds is 5. The Hall–Kier alpha value is -2.80. The first-order chi connectivity index (χ1) is 12.1. The van der Waals surface area contributed by atoms with E-state index in [1.54, 1.807) is 6.20 Å². The number of carbonyl (C=O) groups is 1. The zero-order chi connectivity index (χ0) is 17.6. The summed E-state index contributed by atoms with van der Waals surface area (Å²) in [5.74, 6) is 0.187. The lowest BCUT2D eigenvalue weighted by Gasteiger charge is -2.08. The van der Waals surface area contributed by atoms with Gasteiger partial charge in [0, 0.05) is 28.8 Å². The molecule has 1 aromatic carbocycles. The van der Waals surface area contributed by atoms with Crippen LogP contribution in [0.25, 0.3) is 0 Å². The molecule has 0 aliphatic heterocycles. The number of carbonyl (C=O) groups excluding carboxylic acids is 1. The second kappa shape index (κ2) is 7.85. The van der Waals surface area contributed by atoms with Gasteiger partial charge in [0.1, 0.15) is 0 Å². The molecule has 0 fully saturated rings. The van der Waals surface area contributed by atoms with E-state index in [-0.39, 0.29) is 5.91 Å². The van der Waals surface area contributed by atoms with Crippen molar-refractivity contribution in [1.29, 1.82) is 0 Å². The summed E-state index contributed by atoms with van der Waals surface area (Å²) in [6, 6.07) is 11.4. The average molecular weight is 398 g/mol. The highest BCUT2D eigenvalue weighted by molar-refractivity contribution is 9.10. The molecule has 0 unspecified atom stereocenters. The Labute approximate surface area is 153 Å². The van der Waals surface area contributed by atoms with Crippen LogP contribution in [-0.2, 0) is 6.54 Å². The van der Waals surface area contributed by atoms with E-state index in [2.05, 4.69) is 41.5 Å². The number of aryl methyl sites for hydroxylation is 1. The van der Waals surface area contributed by atoms with Crippen molar-refractivity contribution in [2.45, 2.75) is 13.5 Å². The standard InChI is InChI=1S/C18H16BrN5O/c1-12-5-6-14(8-16(12)19)24-18-22-9-13(10-23-18)17(25)21-11-15-4-2-3-7-20-15/h2-10H,11H2,1H3,(H,21,25)(H,22,23,24). The van der Waals surface area contributed by atoms with E-state index in [0.29, 0.717) is 18.1 Å². The minimum absolute atomic E-state index is 0.240. The molecule has 2 heterocycles. The fourth-order valence-electron chi connectivity index (χ4n) is 2.09. The lowest BCUT2D eigenvalue weighted by atomic mass is 10.2. The fourth-order valence-corrected chi connectivity index (χ4v) is 2.46. The van der Waals surface area contributed by atoms with E-state index >= 15 is 0 Å². The zero-order valence-corrected chi connectivity index (χ0v) is 15.1. The molecule has 0 saturated carbocycles. The van der Waals surface area contributed by atoms with Crippen LogP contribution in [0.2, 0.25) is 0 Å². The molecule has 0 atom stereocenters. The topological polar surface area (TPSA) is 79.8 Å². The van der Waals surface area contributed by atoms with Crippen LogP contribution in [0.3, 0.4) is 0 Å². The molecule has 1 amide bonds. The van der Waals surface area contributed by atoms with Gasteiger partial charge in [-0.2, -0.15) is 0 Å². The smallest absolute Gasteiger partial charge is 0.254 e. The molecule has 0 aliphatic rings. The number of nitrogens with zero attached hydrogens (tertiary/aromatic N) is 3. The highest BCUT2D eigenvalue weighted by Crippen LogP contribution is 2.22. The molecule has 3 rings (SSSR count). The molecule has 2 N–H and O–H groups in total. The Morgan fingerprint density at radius 1 is 1.12 bits per heavy atom. The lowest BCUT2D eigenvalue weighted by Crippen LogP contribution is -2.23. The van der Waals surface area contributed by atoms with Crippen molar-refractivity contribution < 1.29 is 4.79 Å². The van der Waals surface area contributed by atoms with Crippen LogP contribution < -0.4 is 10.6 Å². The third-order valence-electron chi connectivity index (χ3n) is 3.50. The first kappa shape index (κ1) is 17.0. The first-order valence-corrected chi connectivity index (χ1v) is 8.44. The summed E-state index contributed by atoms with van der Waals surface area (Å²) >= 11 is 3.49. The Morgan fingerprint density at radius 3 is 2.60 bits per heavy atom. The molecule has 0 aliphatic carbocycles. The molecule has 126 valence electrons. The number of amides is 1. The molecule has 0 bridgehead atoms. The molecule has 2 aromatic heterocycles. The van der Waals surface area contributed by atoms with Gasteiger partial charge in [0.2, 0.25) is 5.95 Å². The number of aromatic nitrogens is 3. The Kier molecular flexibility index (Phi) is 5.35. The highest BCUT2D eigenvalue weighted by atomic mass is 79.9. The van der Waals surface area contributed by atoms with Gasteiger partial charge in [-0.15, -0.1) is 0 Å². The van der Waals surface area contributed by atoms with Crippen LogP contribution in [-0.4, -0.2) is 20.9 Å². The summed E-state index contributed by atoms with van der Waals surface area (Å²) < 4.78 is 1.00. The van der Waals surface area contributed by atoms with Gasteiger partial charge in [0.15, 0.2) is 0 Å². The van der Waals surface area contributed by atoms with E-state index < -0.39 is 0 Å². The number of hydrogen-bond donors (Lipinski definition) is 2. The van der Waals surface area contributed by atoms with E-state index in [1.807, 2.05) is 43.3 Å². The maximum absolute atomic E-state index is 12.1. The SMILES string of the molecule is Cc1ccc(Nc2ncc(C(=O)NCc3ccccn3)cn2)cc1Br. The summed E-state index contributed by atoms with van der Waals surface area (Å²) in [4.78, 5) is 24.7. The summed E-state index contributed by atoms with van der Waals surface area (Å²) in [7, 11) is 0. The van der Waals surface area contributed by atoms with Crippen molar-refractivity contribution in [3.63, 3.8) is 0 Å². The van der Waals surface area contributed by atoms with E-state index in [9.17, 15) is 4.79 Å². The van der Waals surface area contributed by atoms with Crippen LogP contribution in [0.1, 0.15) is 21.6 Å². The number of halogens is 1. The monoisotopic (exact) mass is 397 g/mol. The number of pyridine rings is 1. The molecule has 0 radical (unpaired) electrons. The first-order valence-electron chi connectivity index (χ1n) is 7.65. The van der Waals surface area contributed by atoms with Gasteiger partial charge in [-0.3, -0.25) is 9.78 Å². The second-order valence-corrected chi connectivity index (χ2v) is 6.24. The molecule has 0 saturated heterocycles. The number of anilines is 2. The van der Waals surface area contributed by atoms with Crippen molar-refractivity contribution in [3.8, 4) is 0 Å². The van der Waals surface area contributed by atoms with Crippen molar-refractivity contribution in [3.05, 3.63) is 76.3 Å². The predicted molar refractivity (Wildman–Crippen MR) is 99.6 cm³/mol. The third kappa shape index (κ3) is 4.60. The second-order valence-electron chi connectivity index (χ2n) is 5.39. The van der Waals surface area contributed by atoms with Crippen molar-refractivity contribution >= 4 is 33.5 Å². The summed E-state index contributed by atoms with van der Waals surface area (Å²) in [6.07, 6.45) is 4.67. The number of hydrogen-bond acceptors (Lipinski definition) is 5. The van der Waals surface area contributed by atoms with E-state index in [1.165, 1.54) is 12.4 Å². The van der Waals surface area contributed by atoms with E-state index in [0.717, 1.165) is 21.4 Å². The quantitative estimate of drug-likeness (QED) is 0.687. The molecule has 3 aromatic rings. The van der Waals surface area contributed by atoms with Crippen LogP contribution >= 0.6 is 15.9 Å². The Morgan fingerprint density at radius 2 is 1.92 bits per heavy atom. The molecule has 6 nitrogen and oxygen atoms in total. The van der Waals surface area contributed by atoms with Crippen LogP contribution in [0.15, 0.2) is 59.5 Å². The van der Waals surface area contributed by atoms with Gasteiger partial charge >= 0.3 is 0 Å². The van der Waals surface area contributed by atoms with Gasteiger partial charge < -0.3 is 10.6 Å². The minimum Gasteiger partial charge on any atom is -0.346 e. The molecule has 0 spiro atoms. The molecule has 25 heavy (non-hydrogen) atoms. The van der Waals surface area contributed by atoms with Crippen LogP contribution in [0, 0.1) is 6.92 Å². The number of nitrogens with one attached hydrogen (secondary N) is 2. The van der Waals surface area contributed by atoms with Gasteiger partial charge in [0.25, 0.3) is 5.91 Å². The Balaban J connectivity index is 1.61. The normalized spacial score (nSPS) is 10.3. The zero-order valence-electron chi connectivity index (χ0n) is 13.5. The van der Waals surface area contributed by atoms with Crippen LogP contribution in [0.4, 0.5) is 11.6 Å². The van der Waals surface area contributed by atoms with Gasteiger partial charge in [-0.05, 0) is 36.8 Å². The summed E-state index contributed by atoms with van der Waals surface area (Å²) in [5.41, 5.74) is 3.20. The van der Waals surface area contributed by atoms with Gasteiger partial charge in [0.05, 0.1) is 17.8 Å². The molecular formula is C18H16BrN5O. The average Bonchev–Trinajstić information content (AvgIpc) is 2.64. The van der Waals surface area contributed by atoms with Gasteiger partial charge in [-0.1, -0.05) is 28.1 Å². The predicted octanol–water partition coefficient (Wildman–Crippen LogP) is 3.62. The lowest BCUT2D eigenvalue weighted by molar-refractivity contribution is 0.0949. The summed E-state index contributed by atoms with van der Waals surface area (Å²) in [5, 5.41) is 5.89.